The Bertz CT molecular complexity index is 338. The van der Waals surface area contributed by atoms with E-state index in [4.69, 9.17) is 9.47 Å². The highest BCUT2D eigenvalue weighted by atomic mass is 32.2. The lowest BCUT2D eigenvalue weighted by atomic mass is 10.3. The maximum atomic E-state index is 12.6. The molecule has 0 radical (unpaired) electrons. The second-order valence-electron chi connectivity index (χ2n) is 4.69. The molecular weight excluding hydrogens is 282 g/mol. The zero-order valence-electron chi connectivity index (χ0n) is 13.3. The van der Waals surface area contributed by atoms with E-state index < -0.39 is 10.2 Å². The minimum Gasteiger partial charge on any atom is -0.383 e. The fraction of sp³-hybridized carbons (Fsp3) is 1.00. The van der Waals surface area contributed by atoms with Gasteiger partial charge in [0.1, 0.15) is 0 Å². The van der Waals surface area contributed by atoms with Crippen LogP contribution in [-0.4, -0.2) is 84.2 Å². The molecule has 0 saturated carbocycles. The van der Waals surface area contributed by atoms with E-state index in [0.717, 1.165) is 13.0 Å². The van der Waals surface area contributed by atoms with Crippen molar-refractivity contribution in [3.05, 3.63) is 0 Å². The molecular formula is C12H29N3O4S. The summed E-state index contributed by atoms with van der Waals surface area (Å²) >= 11 is 0. The van der Waals surface area contributed by atoms with Crippen LogP contribution >= 0.6 is 0 Å². The zero-order chi connectivity index (χ0) is 15.6. The van der Waals surface area contributed by atoms with Crippen molar-refractivity contribution in [2.45, 2.75) is 19.4 Å². The van der Waals surface area contributed by atoms with Crippen molar-refractivity contribution in [3.8, 4) is 0 Å². The van der Waals surface area contributed by atoms with E-state index in [0.29, 0.717) is 26.3 Å². The number of ether oxygens (including phenoxy) is 2. The van der Waals surface area contributed by atoms with Crippen LogP contribution in [0.2, 0.25) is 0 Å². The molecule has 0 spiro atoms. The highest BCUT2D eigenvalue weighted by Gasteiger charge is 2.30. The summed E-state index contributed by atoms with van der Waals surface area (Å²) in [7, 11) is 3.07. The first-order valence-corrected chi connectivity index (χ1v) is 8.17. The van der Waals surface area contributed by atoms with Gasteiger partial charge in [-0.1, -0.05) is 0 Å². The van der Waals surface area contributed by atoms with E-state index in [1.807, 2.05) is 14.0 Å². The molecule has 0 aromatic heterocycles. The van der Waals surface area contributed by atoms with Crippen LogP contribution in [0.4, 0.5) is 0 Å². The Morgan fingerprint density at radius 1 is 1.20 bits per heavy atom. The van der Waals surface area contributed by atoms with Crippen LogP contribution in [0.1, 0.15) is 13.3 Å². The zero-order valence-corrected chi connectivity index (χ0v) is 14.1. The molecule has 0 saturated heterocycles. The third kappa shape index (κ3) is 6.47. The van der Waals surface area contributed by atoms with Crippen molar-refractivity contribution in [1.29, 1.82) is 0 Å². The Morgan fingerprint density at radius 3 is 2.35 bits per heavy atom. The van der Waals surface area contributed by atoms with Gasteiger partial charge in [0, 0.05) is 40.4 Å². The predicted molar refractivity (Wildman–Crippen MR) is 80.0 cm³/mol. The Balaban J connectivity index is 4.81. The fourth-order valence-electron chi connectivity index (χ4n) is 1.84. The summed E-state index contributed by atoms with van der Waals surface area (Å²) in [5, 5.41) is 3.01. The van der Waals surface area contributed by atoms with Crippen molar-refractivity contribution in [2.24, 2.45) is 0 Å². The second-order valence-corrected chi connectivity index (χ2v) is 6.68. The Kier molecular flexibility index (Phi) is 10.3. The summed E-state index contributed by atoms with van der Waals surface area (Å²) in [6, 6.07) is -0.230. The van der Waals surface area contributed by atoms with Crippen LogP contribution in [0.15, 0.2) is 0 Å². The largest absolute Gasteiger partial charge is 0.383 e. The number of rotatable bonds is 12. The van der Waals surface area contributed by atoms with E-state index in [-0.39, 0.29) is 6.04 Å². The first-order valence-electron chi connectivity index (χ1n) is 6.77. The maximum Gasteiger partial charge on any atom is 0.282 e. The van der Waals surface area contributed by atoms with Gasteiger partial charge in [-0.25, -0.2) is 0 Å². The molecule has 0 heterocycles. The SMILES string of the molecule is CNCCCN(C)S(=O)(=O)N(CCOC)C(C)COC. The lowest BCUT2D eigenvalue weighted by Crippen LogP contribution is -2.49. The topological polar surface area (TPSA) is 71.1 Å². The van der Waals surface area contributed by atoms with E-state index in [2.05, 4.69) is 5.32 Å². The molecule has 1 N–H and O–H groups in total. The molecule has 122 valence electrons. The smallest absolute Gasteiger partial charge is 0.282 e. The van der Waals surface area contributed by atoms with Crippen LogP contribution in [0.5, 0.6) is 0 Å². The number of nitrogens with one attached hydrogen (secondary N) is 1. The first kappa shape index (κ1) is 19.8. The molecule has 0 aromatic carbocycles. The fourth-order valence-corrected chi connectivity index (χ4v) is 3.38. The van der Waals surface area contributed by atoms with Gasteiger partial charge in [0.25, 0.3) is 10.2 Å². The van der Waals surface area contributed by atoms with Gasteiger partial charge < -0.3 is 14.8 Å². The van der Waals surface area contributed by atoms with E-state index in [1.165, 1.54) is 8.61 Å². The van der Waals surface area contributed by atoms with Gasteiger partial charge in [-0.05, 0) is 26.9 Å². The van der Waals surface area contributed by atoms with Crippen LogP contribution in [-0.2, 0) is 19.7 Å². The minimum absolute atomic E-state index is 0.230. The molecule has 1 atom stereocenters. The van der Waals surface area contributed by atoms with Crippen LogP contribution < -0.4 is 5.32 Å². The molecule has 0 aliphatic carbocycles. The van der Waals surface area contributed by atoms with E-state index >= 15 is 0 Å². The number of nitrogens with zero attached hydrogens (tertiary/aromatic N) is 2. The average Bonchev–Trinajstić information content (AvgIpc) is 2.39. The lowest BCUT2D eigenvalue weighted by molar-refractivity contribution is 0.115. The van der Waals surface area contributed by atoms with Crippen molar-refractivity contribution in [3.63, 3.8) is 0 Å². The standard InChI is InChI=1S/C12H29N3O4S/c1-12(11-19-5)15(9-10-18-4)20(16,17)14(3)8-6-7-13-2/h12-13H,6-11H2,1-5H3. The second kappa shape index (κ2) is 10.5. The maximum absolute atomic E-state index is 12.6. The summed E-state index contributed by atoms with van der Waals surface area (Å²) in [6.07, 6.45) is 0.767. The quantitative estimate of drug-likeness (QED) is 0.504. The first-order chi connectivity index (χ1) is 9.41. The molecule has 0 aromatic rings. The summed E-state index contributed by atoms with van der Waals surface area (Å²) in [6.45, 7) is 4.13. The normalized spacial score (nSPS) is 14.2. The Morgan fingerprint density at radius 2 is 1.85 bits per heavy atom. The summed E-state index contributed by atoms with van der Waals surface area (Å²) < 4.78 is 38.0. The van der Waals surface area contributed by atoms with Gasteiger partial charge in [-0.3, -0.25) is 0 Å². The van der Waals surface area contributed by atoms with Gasteiger partial charge in [-0.2, -0.15) is 17.0 Å². The molecule has 0 aliphatic heterocycles. The van der Waals surface area contributed by atoms with Crippen molar-refractivity contribution in [1.82, 2.24) is 13.9 Å². The lowest BCUT2D eigenvalue weighted by Gasteiger charge is -2.31. The number of hydrogen-bond acceptors (Lipinski definition) is 5. The molecule has 0 fully saturated rings. The third-order valence-electron chi connectivity index (χ3n) is 3.01. The highest BCUT2D eigenvalue weighted by Crippen LogP contribution is 2.12. The third-order valence-corrected chi connectivity index (χ3v) is 5.11. The summed E-state index contributed by atoms with van der Waals surface area (Å²) in [4.78, 5) is 0. The molecule has 7 nitrogen and oxygen atoms in total. The monoisotopic (exact) mass is 311 g/mol. The molecule has 8 heteroatoms. The van der Waals surface area contributed by atoms with Crippen molar-refractivity contribution >= 4 is 10.2 Å². The molecule has 0 rings (SSSR count). The van der Waals surface area contributed by atoms with E-state index in [9.17, 15) is 8.42 Å². The average molecular weight is 311 g/mol. The molecule has 0 amide bonds. The predicted octanol–water partition coefficient (Wildman–Crippen LogP) is -0.244. The number of methoxy groups -OCH3 is 2. The van der Waals surface area contributed by atoms with Gasteiger partial charge >= 0.3 is 0 Å². The Labute approximate surface area is 123 Å². The molecule has 1 unspecified atom stereocenters. The van der Waals surface area contributed by atoms with Gasteiger partial charge in [-0.15, -0.1) is 0 Å². The van der Waals surface area contributed by atoms with E-state index in [1.54, 1.807) is 21.3 Å². The summed E-state index contributed by atoms with van der Waals surface area (Å²) in [5.74, 6) is 0. The summed E-state index contributed by atoms with van der Waals surface area (Å²) in [5.41, 5.74) is 0. The number of hydrogen-bond donors (Lipinski definition) is 1. The van der Waals surface area contributed by atoms with Gasteiger partial charge in [0.05, 0.1) is 13.2 Å². The highest BCUT2D eigenvalue weighted by molar-refractivity contribution is 7.86. The Hall–Kier alpha value is -0.250. The van der Waals surface area contributed by atoms with Crippen LogP contribution in [0.25, 0.3) is 0 Å². The minimum atomic E-state index is -3.50. The van der Waals surface area contributed by atoms with Crippen molar-refractivity contribution in [2.75, 3.05) is 61.2 Å². The molecule has 20 heavy (non-hydrogen) atoms. The molecule has 0 bridgehead atoms. The van der Waals surface area contributed by atoms with Crippen LogP contribution in [0, 0.1) is 0 Å². The van der Waals surface area contributed by atoms with Gasteiger partial charge in [0.2, 0.25) is 0 Å². The van der Waals surface area contributed by atoms with Gasteiger partial charge in [0.15, 0.2) is 0 Å². The van der Waals surface area contributed by atoms with Crippen molar-refractivity contribution < 1.29 is 17.9 Å². The molecule has 0 aliphatic rings. The van der Waals surface area contributed by atoms with Crippen LogP contribution in [0.3, 0.4) is 0 Å².